The van der Waals surface area contributed by atoms with E-state index in [1.807, 2.05) is 34.6 Å². The van der Waals surface area contributed by atoms with E-state index in [1.165, 1.54) is 22.3 Å². The number of carbonyl (C=O) groups excluding carboxylic acids is 2. The van der Waals surface area contributed by atoms with E-state index in [1.54, 1.807) is 37.5 Å². The third-order valence-electron chi connectivity index (χ3n) is 6.69. The van der Waals surface area contributed by atoms with E-state index in [-0.39, 0.29) is 24.9 Å². The Bertz CT molecular complexity index is 1370. The molecule has 0 saturated carbocycles. The number of hydrogen-bond acceptors (Lipinski definition) is 10. The third kappa shape index (κ3) is 7.69. The van der Waals surface area contributed by atoms with Gasteiger partial charge in [-0.2, -0.15) is 9.61 Å². The first-order valence-electron chi connectivity index (χ1n) is 14.3. The van der Waals surface area contributed by atoms with Crippen molar-refractivity contribution in [1.82, 2.24) is 24.5 Å². The Morgan fingerprint density at radius 2 is 1.90 bits per heavy atom. The van der Waals surface area contributed by atoms with Gasteiger partial charge in [0.05, 0.1) is 25.0 Å². The Balaban J connectivity index is 1.61. The number of anilines is 2. The van der Waals surface area contributed by atoms with Crippen molar-refractivity contribution in [1.29, 1.82) is 0 Å². The molecule has 230 valence electrons. The maximum Gasteiger partial charge on any atom is 0.416 e. The zero-order valence-corrected chi connectivity index (χ0v) is 25.7. The number of fused-ring (bicyclic) bond motifs is 1. The first-order valence-corrected chi connectivity index (χ1v) is 14.3. The van der Waals surface area contributed by atoms with Crippen molar-refractivity contribution in [2.45, 2.75) is 91.6 Å². The fourth-order valence-corrected chi connectivity index (χ4v) is 4.62. The van der Waals surface area contributed by atoms with Crippen LogP contribution in [0.5, 0.6) is 0 Å². The van der Waals surface area contributed by atoms with Crippen molar-refractivity contribution in [2.75, 3.05) is 29.9 Å². The highest BCUT2D eigenvalue weighted by Crippen LogP contribution is 2.29. The predicted octanol–water partition coefficient (Wildman–Crippen LogP) is 4.81. The van der Waals surface area contributed by atoms with E-state index in [2.05, 4.69) is 15.4 Å². The highest BCUT2D eigenvalue weighted by molar-refractivity contribution is 5.87. The van der Waals surface area contributed by atoms with Crippen LogP contribution >= 0.6 is 0 Å². The summed E-state index contributed by atoms with van der Waals surface area (Å²) in [5.74, 6) is 1.24. The summed E-state index contributed by atoms with van der Waals surface area (Å²) < 4.78 is 18.3. The van der Waals surface area contributed by atoms with Gasteiger partial charge in [0.1, 0.15) is 35.6 Å². The van der Waals surface area contributed by atoms with E-state index >= 15 is 0 Å². The Morgan fingerprint density at radius 1 is 1.19 bits per heavy atom. The van der Waals surface area contributed by atoms with Crippen molar-refractivity contribution >= 4 is 29.5 Å². The molecule has 0 radical (unpaired) electrons. The molecule has 2 amide bonds. The third-order valence-corrected chi connectivity index (χ3v) is 6.69. The summed E-state index contributed by atoms with van der Waals surface area (Å²) in [7, 11) is 0. The summed E-state index contributed by atoms with van der Waals surface area (Å²) in [4.78, 5) is 38.0. The summed E-state index contributed by atoms with van der Waals surface area (Å²) in [6.45, 7) is 16.0. The second kappa shape index (κ2) is 12.2. The van der Waals surface area contributed by atoms with Crippen LogP contribution in [-0.2, 0) is 16.0 Å². The fourth-order valence-electron chi connectivity index (χ4n) is 4.62. The Hall–Kier alpha value is -3.87. The maximum atomic E-state index is 13.5. The molecule has 3 aromatic rings. The molecule has 1 fully saturated rings. The summed E-state index contributed by atoms with van der Waals surface area (Å²) in [5.41, 5.74) is 0.152. The van der Waals surface area contributed by atoms with Gasteiger partial charge in [0.25, 0.3) is 0 Å². The second-order valence-electron chi connectivity index (χ2n) is 12.9. The van der Waals surface area contributed by atoms with Gasteiger partial charge in [-0.3, -0.25) is 4.90 Å². The Morgan fingerprint density at radius 3 is 2.50 bits per heavy atom. The zero-order chi connectivity index (χ0) is 30.8. The molecule has 4 heterocycles. The minimum absolute atomic E-state index is 0.0131. The minimum Gasteiger partial charge on any atom is -0.447 e. The largest absolute Gasteiger partial charge is 0.447 e. The van der Waals surface area contributed by atoms with E-state index in [0.717, 1.165) is 5.56 Å². The lowest BCUT2D eigenvalue weighted by Crippen LogP contribution is -2.49. The fraction of sp³-hybridized carbons (Fsp3) is 0.621. The number of nitrogens with zero attached hydrogens (tertiary/aromatic N) is 6. The molecule has 0 spiro atoms. The van der Waals surface area contributed by atoms with E-state index in [0.29, 0.717) is 42.7 Å². The van der Waals surface area contributed by atoms with Crippen LogP contribution in [0.4, 0.5) is 21.2 Å². The van der Waals surface area contributed by atoms with Crippen molar-refractivity contribution in [3.63, 3.8) is 0 Å². The number of aliphatic hydroxyl groups is 1. The van der Waals surface area contributed by atoms with Gasteiger partial charge in [0.2, 0.25) is 5.89 Å². The molecule has 1 aliphatic heterocycles. The quantitative estimate of drug-likeness (QED) is 0.396. The molecule has 42 heavy (non-hydrogen) atoms. The van der Waals surface area contributed by atoms with E-state index in [4.69, 9.17) is 18.9 Å². The lowest BCUT2D eigenvalue weighted by Gasteiger charge is -2.36. The monoisotopic (exact) mass is 585 g/mol. The normalized spacial score (nSPS) is 17.9. The van der Waals surface area contributed by atoms with E-state index in [9.17, 15) is 14.7 Å². The number of amides is 2. The number of aromatic nitrogens is 4. The first kappa shape index (κ1) is 31.1. The maximum absolute atomic E-state index is 13.5. The standard InChI is InChI=1S/C29H43N7O6/c1-18(2)20-15-32-36-24(35(17-23-30-10-12-40-23)27(39)42-29(6,7)8)13-22(33-25(20)36)31-14-19-9-11-34(16-21(19)37)26(38)41-28(3,4)5/h10,12-13,15,18-19,21,37H,9,11,14,16-17H2,1-8H3,(H,31,33)/t19-,21-/m0/s1. The molecule has 4 rings (SSSR count). The van der Waals surface area contributed by atoms with Gasteiger partial charge in [-0.25, -0.2) is 19.6 Å². The number of oxazole rings is 1. The van der Waals surface area contributed by atoms with Crippen LogP contribution in [0.3, 0.4) is 0 Å². The van der Waals surface area contributed by atoms with Crippen LogP contribution in [0.25, 0.3) is 5.65 Å². The molecule has 0 bridgehead atoms. The van der Waals surface area contributed by atoms with Crippen LogP contribution in [0, 0.1) is 5.92 Å². The van der Waals surface area contributed by atoms with Gasteiger partial charge < -0.3 is 29.2 Å². The molecule has 0 aromatic carbocycles. The van der Waals surface area contributed by atoms with Crippen LogP contribution in [0.2, 0.25) is 0 Å². The van der Waals surface area contributed by atoms with Crippen molar-refractivity contribution in [3.8, 4) is 0 Å². The molecule has 2 N–H and O–H groups in total. The number of piperidine rings is 1. The van der Waals surface area contributed by atoms with Gasteiger partial charge >= 0.3 is 12.2 Å². The summed E-state index contributed by atoms with van der Waals surface area (Å²) in [6, 6.07) is 1.72. The first-order chi connectivity index (χ1) is 19.6. The minimum atomic E-state index is -0.744. The molecular weight excluding hydrogens is 542 g/mol. The van der Waals surface area contributed by atoms with Gasteiger partial charge in [0.15, 0.2) is 5.65 Å². The number of hydrogen-bond donors (Lipinski definition) is 2. The zero-order valence-electron chi connectivity index (χ0n) is 25.7. The lowest BCUT2D eigenvalue weighted by molar-refractivity contribution is -0.0104. The van der Waals surface area contributed by atoms with Gasteiger partial charge in [-0.15, -0.1) is 0 Å². The highest BCUT2D eigenvalue weighted by Gasteiger charge is 2.33. The van der Waals surface area contributed by atoms with Gasteiger partial charge in [-0.05, 0) is 53.9 Å². The second-order valence-corrected chi connectivity index (χ2v) is 12.9. The molecule has 3 aromatic heterocycles. The SMILES string of the molecule is CC(C)c1cnn2c(N(Cc3ncco3)C(=O)OC(C)(C)C)cc(NC[C@@H]3CCN(C(=O)OC(C)(C)C)C[C@@H]3O)nc12. The van der Waals surface area contributed by atoms with Crippen LogP contribution in [0.15, 0.2) is 29.1 Å². The molecule has 1 aliphatic rings. The number of nitrogens with one attached hydrogen (secondary N) is 1. The molecular formula is C29H43N7O6. The molecule has 0 aliphatic carbocycles. The number of aliphatic hydroxyl groups excluding tert-OH is 1. The Labute approximate surface area is 246 Å². The summed E-state index contributed by atoms with van der Waals surface area (Å²) >= 11 is 0. The molecule has 13 heteroatoms. The Kier molecular flexibility index (Phi) is 9.00. The average Bonchev–Trinajstić information content (AvgIpc) is 3.54. The van der Waals surface area contributed by atoms with Crippen molar-refractivity contribution < 1.29 is 28.6 Å². The van der Waals surface area contributed by atoms with Crippen LogP contribution in [-0.4, -0.2) is 78.7 Å². The van der Waals surface area contributed by atoms with Crippen molar-refractivity contribution in [3.05, 3.63) is 36.2 Å². The van der Waals surface area contributed by atoms with Crippen molar-refractivity contribution in [2.24, 2.45) is 5.92 Å². The molecule has 0 unspecified atom stereocenters. The number of carbonyl (C=O) groups is 2. The molecule has 2 atom stereocenters. The number of ether oxygens (including phenoxy) is 2. The topological polar surface area (TPSA) is 148 Å². The van der Waals surface area contributed by atoms with Crippen LogP contribution < -0.4 is 10.2 Å². The predicted molar refractivity (Wildman–Crippen MR) is 156 cm³/mol. The lowest BCUT2D eigenvalue weighted by atomic mass is 9.94. The van der Waals surface area contributed by atoms with Gasteiger partial charge in [0, 0.05) is 30.6 Å². The number of likely N-dealkylation sites (tertiary alicyclic amines) is 1. The van der Waals surface area contributed by atoms with Gasteiger partial charge in [-0.1, -0.05) is 13.8 Å². The van der Waals surface area contributed by atoms with E-state index < -0.39 is 29.5 Å². The highest BCUT2D eigenvalue weighted by atomic mass is 16.6. The number of rotatable bonds is 7. The average molecular weight is 586 g/mol. The summed E-state index contributed by atoms with van der Waals surface area (Å²) in [5, 5.41) is 18.8. The molecule has 1 saturated heterocycles. The molecule has 13 nitrogen and oxygen atoms in total. The number of β-amino-alcohol motifs (C(OH)–C–C–N with tert-alkyl or cyclic N) is 1. The smallest absolute Gasteiger partial charge is 0.416 e. The van der Waals surface area contributed by atoms with Crippen LogP contribution in [0.1, 0.15) is 79.2 Å². The summed E-state index contributed by atoms with van der Waals surface area (Å²) in [6.07, 6.45) is 3.52.